The molecule has 33 heavy (non-hydrogen) atoms. The number of hydrogen-bond donors (Lipinski definition) is 1. The lowest BCUT2D eigenvalue weighted by atomic mass is 9.95. The Kier molecular flexibility index (Phi) is 7.23. The number of pyridine rings is 1. The van der Waals surface area contributed by atoms with Gasteiger partial charge in [0.2, 0.25) is 15.9 Å². The van der Waals surface area contributed by atoms with Gasteiger partial charge in [-0.15, -0.1) is 0 Å². The van der Waals surface area contributed by atoms with E-state index >= 15 is 0 Å². The van der Waals surface area contributed by atoms with Gasteiger partial charge in [0.1, 0.15) is 22.3 Å². The van der Waals surface area contributed by atoms with Crippen molar-refractivity contribution in [2.24, 2.45) is 5.92 Å². The number of nitrogens with zero attached hydrogens (tertiary/aromatic N) is 3. The van der Waals surface area contributed by atoms with E-state index in [4.69, 9.17) is 0 Å². The molecule has 3 heterocycles. The number of anilines is 1. The molecule has 0 spiro atoms. The summed E-state index contributed by atoms with van der Waals surface area (Å²) in [5.74, 6) is -1.39. The lowest BCUT2D eigenvalue weighted by Gasteiger charge is -2.34. The van der Waals surface area contributed by atoms with E-state index in [1.54, 1.807) is 18.3 Å². The number of carbonyl (C=O) groups excluding carboxylic acids is 1. The topological polar surface area (TPSA) is 82.6 Å². The first kappa shape index (κ1) is 23.6. The van der Waals surface area contributed by atoms with Crippen LogP contribution in [0.15, 0.2) is 41.4 Å². The fourth-order valence-electron chi connectivity index (χ4n) is 4.41. The maximum Gasteiger partial charge on any atom is 0.246 e. The van der Waals surface area contributed by atoms with Gasteiger partial charge in [0.15, 0.2) is 0 Å². The summed E-state index contributed by atoms with van der Waals surface area (Å²) < 4.78 is 54.8. The number of rotatable bonds is 6. The SMILES string of the molecule is O=C(NCc1ccc(F)cc1F)C1CCN(c2ncccc2S(=O)(=O)N2CCCCC2)CC1. The Bertz CT molecular complexity index is 1100. The number of piperidine rings is 2. The minimum absolute atomic E-state index is 0.0103. The molecular formula is C23H28F2N4O3S. The van der Waals surface area contributed by atoms with Crippen LogP contribution in [-0.4, -0.2) is 49.8 Å². The number of halogens is 2. The van der Waals surface area contributed by atoms with Crippen LogP contribution in [0.3, 0.4) is 0 Å². The van der Waals surface area contributed by atoms with Crippen LogP contribution in [0.25, 0.3) is 0 Å². The van der Waals surface area contributed by atoms with E-state index in [1.807, 2.05) is 4.90 Å². The molecule has 0 saturated carbocycles. The molecule has 0 radical (unpaired) electrons. The highest BCUT2D eigenvalue weighted by Gasteiger charge is 2.32. The quantitative estimate of drug-likeness (QED) is 0.690. The second-order valence-corrected chi connectivity index (χ2v) is 10.4. The van der Waals surface area contributed by atoms with Crippen molar-refractivity contribution in [1.82, 2.24) is 14.6 Å². The first-order valence-electron chi connectivity index (χ1n) is 11.3. The minimum Gasteiger partial charge on any atom is -0.355 e. The van der Waals surface area contributed by atoms with Crippen molar-refractivity contribution < 1.29 is 22.0 Å². The molecule has 2 saturated heterocycles. The maximum absolute atomic E-state index is 13.8. The molecule has 2 aliphatic rings. The van der Waals surface area contributed by atoms with Gasteiger partial charge in [-0.2, -0.15) is 4.31 Å². The number of benzene rings is 1. The normalized spacial score (nSPS) is 18.3. The van der Waals surface area contributed by atoms with E-state index in [0.717, 1.165) is 31.4 Å². The van der Waals surface area contributed by atoms with E-state index in [0.29, 0.717) is 44.8 Å². The van der Waals surface area contributed by atoms with Crippen molar-refractivity contribution in [3.63, 3.8) is 0 Å². The highest BCUT2D eigenvalue weighted by atomic mass is 32.2. The van der Waals surface area contributed by atoms with Crippen LogP contribution in [-0.2, 0) is 21.4 Å². The molecule has 7 nitrogen and oxygen atoms in total. The van der Waals surface area contributed by atoms with Crippen molar-refractivity contribution in [1.29, 1.82) is 0 Å². The first-order chi connectivity index (χ1) is 15.9. The smallest absolute Gasteiger partial charge is 0.246 e. The summed E-state index contributed by atoms with van der Waals surface area (Å²) in [4.78, 5) is 19.1. The van der Waals surface area contributed by atoms with E-state index < -0.39 is 21.7 Å². The van der Waals surface area contributed by atoms with Crippen LogP contribution in [0.4, 0.5) is 14.6 Å². The molecular weight excluding hydrogens is 450 g/mol. The predicted molar refractivity (Wildman–Crippen MR) is 120 cm³/mol. The van der Waals surface area contributed by atoms with E-state index in [-0.39, 0.29) is 28.8 Å². The van der Waals surface area contributed by atoms with Gasteiger partial charge in [-0.05, 0) is 43.9 Å². The van der Waals surface area contributed by atoms with Crippen LogP contribution in [0, 0.1) is 17.6 Å². The summed E-state index contributed by atoms with van der Waals surface area (Å²) >= 11 is 0. The molecule has 1 amide bonds. The Morgan fingerprint density at radius 3 is 2.48 bits per heavy atom. The average molecular weight is 479 g/mol. The van der Waals surface area contributed by atoms with Gasteiger partial charge in [-0.3, -0.25) is 4.79 Å². The standard InChI is InChI=1S/C23H28F2N4O3S/c24-19-7-6-18(20(25)15-19)16-27-23(30)17-8-13-28(14-9-17)22-21(5-4-10-26-22)33(31,32)29-11-2-1-3-12-29/h4-7,10,15,17H,1-3,8-9,11-14,16H2,(H,27,30). The van der Waals surface area contributed by atoms with Crippen molar-refractivity contribution in [2.75, 3.05) is 31.1 Å². The molecule has 0 atom stereocenters. The third-order valence-electron chi connectivity index (χ3n) is 6.32. The van der Waals surface area contributed by atoms with Crippen molar-refractivity contribution in [2.45, 2.75) is 43.5 Å². The van der Waals surface area contributed by atoms with Crippen LogP contribution in [0.2, 0.25) is 0 Å². The van der Waals surface area contributed by atoms with Gasteiger partial charge in [-0.25, -0.2) is 22.2 Å². The number of sulfonamides is 1. The highest BCUT2D eigenvalue weighted by molar-refractivity contribution is 7.89. The fourth-order valence-corrected chi connectivity index (χ4v) is 6.09. The van der Waals surface area contributed by atoms with E-state index in [2.05, 4.69) is 10.3 Å². The summed E-state index contributed by atoms with van der Waals surface area (Å²) in [7, 11) is -3.63. The largest absolute Gasteiger partial charge is 0.355 e. The van der Waals surface area contributed by atoms with Crippen LogP contribution >= 0.6 is 0 Å². The molecule has 10 heteroatoms. The van der Waals surface area contributed by atoms with Crippen LogP contribution in [0.5, 0.6) is 0 Å². The summed E-state index contributed by atoms with van der Waals surface area (Å²) in [5.41, 5.74) is 0.225. The van der Waals surface area contributed by atoms with Gasteiger partial charge < -0.3 is 10.2 Å². The molecule has 2 aromatic rings. The van der Waals surface area contributed by atoms with E-state index in [9.17, 15) is 22.0 Å². The zero-order valence-electron chi connectivity index (χ0n) is 18.3. The Hall–Kier alpha value is -2.59. The van der Waals surface area contributed by atoms with Crippen LogP contribution < -0.4 is 10.2 Å². The number of hydrogen-bond acceptors (Lipinski definition) is 5. The zero-order valence-corrected chi connectivity index (χ0v) is 19.2. The Balaban J connectivity index is 1.38. The average Bonchev–Trinajstić information content (AvgIpc) is 2.84. The van der Waals surface area contributed by atoms with E-state index in [1.165, 1.54) is 10.4 Å². The van der Waals surface area contributed by atoms with Gasteiger partial charge in [-0.1, -0.05) is 12.5 Å². The molecule has 1 aromatic carbocycles. The molecule has 178 valence electrons. The third kappa shape index (κ3) is 5.33. The summed E-state index contributed by atoms with van der Waals surface area (Å²) in [6.45, 7) is 2.01. The lowest BCUT2D eigenvalue weighted by molar-refractivity contribution is -0.125. The fraction of sp³-hybridized carbons (Fsp3) is 0.478. The molecule has 2 aliphatic heterocycles. The predicted octanol–water partition coefficient (Wildman–Crippen LogP) is 3.07. The van der Waals surface area contributed by atoms with Gasteiger partial charge in [0.25, 0.3) is 0 Å². The van der Waals surface area contributed by atoms with Crippen molar-refractivity contribution in [3.05, 3.63) is 53.7 Å². The molecule has 0 unspecified atom stereocenters. The van der Waals surface area contributed by atoms with Crippen molar-refractivity contribution in [3.8, 4) is 0 Å². The number of nitrogens with one attached hydrogen (secondary N) is 1. The molecule has 0 aliphatic carbocycles. The maximum atomic E-state index is 13.8. The lowest BCUT2D eigenvalue weighted by Crippen LogP contribution is -2.42. The van der Waals surface area contributed by atoms with Crippen molar-refractivity contribution >= 4 is 21.7 Å². The minimum atomic E-state index is -3.63. The Morgan fingerprint density at radius 1 is 1.06 bits per heavy atom. The third-order valence-corrected chi connectivity index (χ3v) is 8.24. The van der Waals surface area contributed by atoms with Gasteiger partial charge in [0.05, 0.1) is 0 Å². The second kappa shape index (κ2) is 10.1. The summed E-state index contributed by atoms with van der Waals surface area (Å²) in [5, 5.41) is 2.72. The Morgan fingerprint density at radius 2 is 1.79 bits per heavy atom. The van der Waals surface area contributed by atoms with Gasteiger partial charge in [0, 0.05) is 56.5 Å². The summed E-state index contributed by atoms with van der Waals surface area (Å²) in [6.07, 6.45) is 5.39. The molecule has 1 aromatic heterocycles. The molecule has 4 rings (SSSR count). The van der Waals surface area contributed by atoms with Gasteiger partial charge >= 0.3 is 0 Å². The first-order valence-corrected chi connectivity index (χ1v) is 12.7. The molecule has 1 N–H and O–H groups in total. The number of aromatic nitrogens is 1. The summed E-state index contributed by atoms with van der Waals surface area (Å²) in [6, 6.07) is 6.50. The highest BCUT2D eigenvalue weighted by Crippen LogP contribution is 2.30. The Labute approximate surface area is 192 Å². The monoisotopic (exact) mass is 478 g/mol. The molecule has 0 bridgehead atoms. The molecule has 2 fully saturated rings. The number of amides is 1. The number of carbonyl (C=O) groups is 1. The second-order valence-electron chi connectivity index (χ2n) is 8.50. The van der Waals surface area contributed by atoms with Crippen LogP contribution in [0.1, 0.15) is 37.7 Å². The zero-order chi connectivity index (χ0) is 23.4.